The van der Waals surface area contributed by atoms with Crippen LogP contribution in [0.3, 0.4) is 0 Å². The molecule has 0 heterocycles. The zero-order valence-electron chi connectivity index (χ0n) is 8.07. The molecule has 0 saturated heterocycles. The van der Waals surface area contributed by atoms with Crippen molar-refractivity contribution in [2.75, 3.05) is 19.5 Å². The lowest BCUT2D eigenvalue weighted by Crippen LogP contribution is -2.03. The molecule has 0 amide bonds. The summed E-state index contributed by atoms with van der Waals surface area (Å²) in [4.78, 5) is 10.3. The molecule has 5 nitrogen and oxygen atoms in total. The number of ether oxygens (including phenoxy) is 1. The first kappa shape index (κ1) is 12.9. The number of rotatable bonds is 4. The second kappa shape index (κ2) is 6.40. The molecule has 0 N–H and O–H groups in total. The van der Waals surface area contributed by atoms with E-state index in [9.17, 15) is 13.2 Å². The van der Waals surface area contributed by atoms with Gasteiger partial charge in [-0.3, -0.25) is 8.98 Å². The van der Waals surface area contributed by atoms with E-state index >= 15 is 0 Å². The molecule has 80 valence electrons. The smallest absolute Gasteiger partial charge is 0.303 e. The topological polar surface area (TPSA) is 69.7 Å². The minimum Gasteiger partial charge on any atom is -0.453 e. The summed E-state index contributed by atoms with van der Waals surface area (Å²) in [6.45, 7) is 1.33. The summed E-state index contributed by atoms with van der Waals surface area (Å²) in [5.41, 5.74) is 0. The Labute approximate surface area is 83.5 Å². The molecule has 0 aromatic carbocycles. The fourth-order valence-electron chi connectivity index (χ4n) is 0.521. The molecule has 0 fully saturated rings. The summed E-state index contributed by atoms with van der Waals surface area (Å²) >= 11 is 0. The molecule has 0 aromatic rings. The molecule has 0 atom stereocenters. The van der Waals surface area contributed by atoms with Crippen molar-refractivity contribution in [3.8, 4) is 11.8 Å². The number of carbonyl (C=O) groups excluding carboxylic acids is 1. The fourth-order valence-corrected chi connectivity index (χ4v) is 0.907. The van der Waals surface area contributed by atoms with Crippen molar-refractivity contribution < 1.29 is 22.1 Å². The number of hydrogen-bond donors (Lipinski definition) is 0. The molecule has 0 bridgehead atoms. The first-order chi connectivity index (χ1) is 6.42. The lowest BCUT2D eigenvalue weighted by molar-refractivity contribution is -0.139. The lowest BCUT2D eigenvalue weighted by atomic mass is 10.4. The average molecular weight is 220 g/mol. The van der Waals surface area contributed by atoms with E-state index in [1.807, 2.05) is 0 Å². The van der Waals surface area contributed by atoms with Crippen LogP contribution < -0.4 is 0 Å². The van der Waals surface area contributed by atoms with Crippen molar-refractivity contribution in [1.82, 2.24) is 0 Å². The third kappa shape index (κ3) is 10.9. The van der Waals surface area contributed by atoms with E-state index in [-0.39, 0.29) is 19.6 Å². The maximum Gasteiger partial charge on any atom is 0.303 e. The van der Waals surface area contributed by atoms with Crippen LogP contribution in [0.5, 0.6) is 0 Å². The highest BCUT2D eigenvalue weighted by atomic mass is 32.2. The SMILES string of the molecule is CC(=O)OCC#CCCOS(C)(=O)=O. The molecule has 0 aliphatic heterocycles. The van der Waals surface area contributed by atoms with Gasteiger partial charge in [0.1, 0.15) is 0 Å². The van der Waals surface area contributed by atoms with E-state index in [1.165, 1.54) is 6.92 Å². The molecule has 0 aliphatic rings. The van der Waals surface area contributed by atoms with Gasteiger partial charge in [0.25, 0.3) is 10.1 Å². The summed E-state index contributed by atoms with van der Waals surface area (Å²) in [6.07, 6.45) is 1.26. The van der Waals surface area contributed by atoms with Crippen LogP contribution in [-0.4, -0.2) is 33.9 Å². The molecule has 0 aromatic heterocycles. The molecular formula is C8H12O5S. The molecule has 0 radical (unpaired) electrons. The first-order valence-electron chi connectivity index (χ1n) is 3.85. The maximum absolute atomic E-state index is 10.5. The molecule has 0 saturated carbocycles. The minimum absolute atomic E-state index is 0.0197. The third-order valence-corrected chi connectivity index (χ3v) is 1.59. The molecule has 0 rings (SSSR count). The average Bonchev–Trinajstić information content (AvgIpc) is 2.00. The Morgan fingerprint density at radius 3 is 2.50 bits per heavy atom. The Hall–Kier alpha value is -1.06. The monoisotopic (exact) mass is 220 g/mol. The lowest BCUT2D eigenvalue weighted by Gasteiger charge is -1.95. The van der Waals surface area contributed by atoms with E-state index in [2.05, 4.69) is 20.8 Å². The van der Waals surface area contributed by atoms with E-state index < -0.39 is 16.1 Å². The van der Waals surface area contributed by atoms with Crippen LogP contribution in [0.1, 0.15) is 13.3 Å². The van der Waals surface area contributed by atoms with Crippen LogP contribution >= 0.6 is 0 Å². The molecule has 0 aliphatic carbocycles. The second-order valence-electron chi connectivity index (χ2n) is 2.41. The second-order valence-corrected chi connectivity index (χ2v) is 4.05. The number of esters is 1. The van der Waals surface area contributed by atoms with Crippen molar-refractivity contribution in [2.24, 2.45) is 0 Å². The minimum atomic E-state index is -3.38. The van der Waals surface area contributed by atoms with Crippen LogP contribution in [0.4, 0.5) is 0 Å². The largest absolute Gasteiger partial charge is 0.453 e. The Kier molecular flexibility index (Phi) is 5.92. The molecule has 0 spiro atoms. The normalized spacial score (nSPS) is 10.1. The maximum atomic E-state index is 10.5. The predicted molar refractivity (Wildman–Crippen MR) is 49.8 cm³/mol. The van der Waals surface area contributed by atoms with Gasteiger partial charge < -0.3 is 4.74 Å². The fraction of sp³-hybridized carbons (Fsp3) is 0.625. The Balaban J connectivity index is 3.49. The van der Waals surface area contributed by atoms with Crippen LogP contribution in [-0.2, 0) is 23.8 Å². The Morgan fingerprint density at radius 1 is 1.36 bits per heavy atom. The van der Waals surface area contributed by atoms with E-state index in [1.54, 1.807) is 0 Å². The summed E-state index contributed by atoms with van der Waals surface area (Å²) in [5, 5.41) is 0. The standard InChI is InChI=1S/C8H12O5S/c1-8(9)12-6-4-3-5-7-13-14(2,10)11/h5-7H2,1-2H3. The van der Waals surface area contributed by atoms with Gasteiger partial charge in [-0.05, 0) is 0 Å². The van der Waals surface area contributed by atoms with Gasteiger partial charge in [-0.15, -0.1) is 0 Å². The molecule has 6 heteroatoms. The number of carbonyl (C=O) groups is 1. The summed E-state index contributed by atoms with van der Waals surface area (Å²) in [7, 11) is -3.38. The predicted octanol–water partition coefficient (Wildman–Crippen LogP) is -0.0808. The van der Waals surface area contributed by atoms with Gasteiger partial charge in [-0.25, -0.2) is 0 Å². The van der Waals surface area contributed by atoms with Crippen molar-refractivity contribution in [2.45, 2.75) is 13.3 Å². The summed E-state index contributed by atoms with van der Waals surface area (Å²) in [5.74, 6) is 4.74. The zero-order valence-corrected chi connectivity index (χ0v) is 8.89. The molecule has 14 heavy (non-hydrogen) atoms. The van der Waals surface area contributed by atoms with Gasteiger partial charge in [0, 0.05) is 13.3 Å². The van der Waals surface area contributed by atoms with Gasteiger partial charge in [0.05, 0.1) is 12.9 Å². The van der Waals surface area contributed by atoms with E-state index in [0.717, 1.165) is 6.26 Å². The van der Waals surface area contributed by atoms with Gasteiger partial charge >= 0.3 is 5.97 Å². The van der Waals surface area contributed by atoms with Crippen molar-refractivity contribution in [3.05, 3.63) is 0 Å². The number of hydrogen-bond acceptors (Lipinski definition) is 5. The van der Waals surface area contributed by atoms with Gasteiger partial charge in [-0.2, -0.15) is 8.42 Å². The summed E-state index contributed by atoms with van der Waals surface area (Å²) < 4.78 is 29.9. The van der Waals surface area contributed by atoms with E-state index in [0.29, 0.717) is 0 Å². The Morgan fingerprint density at radius 2 is 2.00 bits per heavy atom. The summed E-state index contributed by atoms with van der Waals surface area (Å²) in [6, 6.07) is 0. The van der Waals surface area contributed by atoms with Gasteiger partial charge in [0.15, 0.2) is 6.61 Å². The Bertz CT molecular complexity index is 332. The molecule has 0 unspecified atom stereocenters. The quantitative estimate of drug-likeness (QED) is 0.287. The van der Waals surface area contributed by atoms with Crippen LogP contribution in [0.25, 0.3) is 0 Å². The van der Waals surface area contributed by atoms with Crippen molar-refractivity contribution in [1.29, 1.82) is 0 Å². The third-order valence-electron chi connectivity index (χ3n) is 0.997. The van der Waals surface area contributed by atoms with E-state index in [4.69, 9.17) is 0 Å². The molecular weight excluding hydrogens is 208 g/mol. The zero-order chi connectivity index (χ0) is 11.0. The van der Waals surface area contributed by atoms with Crippen LogP contribution in [0.2, 0.25) is 0 Å². The van der Waals surface area contributed by atoms with Crippen molar-refractivity contribution >= 4 is 16.1 Å². The van der Waals surface area contributed by atoms with Crippen LogP contribution in [0, 0.1) is 11.8 Å². The highest BCUT2D eigenvalue weighted by Crippen LogP contribution is 1.88. The van der Waals surface area contributed by atoms with Gasteiger partial charge in [0.2, 0.25) is 0 Å². The van der Waals surface area contributed by atoms with Crippen molar-refractivity contribution in [3.63, 3.8) is 0 Å². The first-order valence-corrected chi connectivity index (χ1v) is 5.67. The van der Waals surface area contributed by atoms with Gasteiger partial charge in [-0.1, -0.05) is 11.8 Å². The highest BCUT2D eigenvalue weighted by Gasteiger charge is 1.98. The van der Waals surface area contributed by atoms with Crippen LogP contribution in [0.15, 0.2) is 0 Å². The highest BCUT2D eigenvalue weighted by molar-refractivity contribution is 7.85.